The number of benzene rings is 1. The number of aromatic nitrogens is 1. The van der Waals surface area contributed by atoms with E-state index in [1.165, 1.54) is 0 Å². The molecule has 2 aromatic rings. The summed E-state index contributed by atoms with van der Waals surface area (Å²) in [4.78, 5) is 0. The van der Waals surface area contributed by atoms with Crippen LogP contribution in [0.5, 0.6) is 0 Å². The predicted octanol–water partition coefficient (Wildman–Crippen LogP) is 2.08. The van der Waals surface area contributed by atoms with Gasteiger partial charge in [0, 0.05) is 24.3 Å². The molecular weight excluding hydrogens is 286 g/mol. The van der Waals surface area contributed by atoms with Crippen molar-refractivity contribution in [2.45, 2.75) is 13.0 Å². The lowest BCUT2D eigenvalue weighted by atomic mass is 10.1. The maximum absolute atomic E-state index is 10.5. The van der Waals surface area contributed by atoms with Gasteiger partial charge in [-0.25, -0.2) is 13.0 Å². The molecule has 2 rings (SSSR count). The van der Waals surface area contributed by atoms with Crippen molar-refractivity contribution in [3.05, 3.63) is 66.0 Å². The summed E-state index contributed by atoms with van der Waals surface area (Å²) in [6.45, 7) is 0.518. The number of rotatable bonds is 6. The molecule has 0 saturated carbocycles. The van der Waals surface area contributed by atoms with Crippen molar-refractivity contribution in [3.63, 3.8) is 0 Å². The first kappa shape index (κ1) is 15.4. The Kier molecular flexibility index (Phi) is 5.25. The van der Waals surface area contributed by atoms with E-state index < -0.39 is 10.1 Å². The number of aryl methyl sites for hydroxylation is 1. The van der Waals surface area contributed by atoms with Crippen molar-refractivity contribution in [1.82, 2.24) is 0 Å². The average Bonchev–Trinajstić information content (AvgIpc) is 2.46. The third-order valence-electron chi connectivity index (χ3n) is 3.00. The van der Waals surface area contributed by atoms with Gasteiger partial charge in [0.2, 0.25) is 0 Å². The van der Waals surface area contributed by atoms with Gasteiger partial charge in [-0.3, -0.25) is 0 Å². The molecule has 0 atom stereocenters. The van der Waals surface area contributed by atoms with E-state index in [0.717, 1.165) is 11.1 Å². The molecule has 1 aromatic heterocycles. The minimum atomic E-state index is -4.12. The molecular formula is C16H17NO3S. The van der Waals surface area contributed by atoms with Gasteiger partial charge in [0.25, 0.3) is 0 Å². The summed E-state index contributed by atoms with van der Waals surface area (Å²) in [5.74, 6) is -0.324. The molecule has 0 fully saturated rings. The highest BCUT2D eigenvalue weighted by molar-refractivity contribution is 7.85. The molecule has 0 radical (unpaired) electrons. The summed E-state index contributed by atoms with van der Waals surface area (Å²) in [5.41, 5.74) is 2.20. The number of nitrogens with zero attached hydrogens (tertiary/aromatic N) is 1. The van der Waals surface area contributed by atoms with Gasteiger partial charge in [0.1, 0.15) is 6.54 Å². The summed E-state index contributed by atoms with van der Waals surface area (Å²) in [5, 5.41) is 0. The molecule has 0 amide bonds. The predicted molar refractivity (Wildman–Crippen MR) is 81.2 cm³/mol. The van der Waals surface area contributed by atoms with Crippen molar-refractivity contribution in [3.8, 4) is 0 Å². The Morgan fingerprint density at radius 3 is 2.10 bits per heavy atom. The zero-order chi connectivity index (χ0) is 15.1. The maximum Gasteiger partial charge on any atom is 0.169 e. The van der Waals surface area contributed by atoms with Crippen molar-refractivity contribution in [2.75, 3.05) is 5.75 Å². The first-order chi connectivity index (χ1) is 10.0. The average molecular weight is 303 g/mol. The minimum Gasteiger partial charge on any atom is -0.748 e. The molecule has 0 aliphatic heterocycles. The third-order valence-corrected chi connectivity index (χ3v) is 3.78. The van der Waals surface area contributed by atoms with Crippen molar-refractivity contribution in [1.29, 1.82) is 0 Å². The van der Waals surface area contributed by atoms with E-state index in [2.05, 4.69) is 0 Å². The lowest BCUT2D eigenvalue weighted by molar-refractivity contribution is -0.696. The Morgan fingerprint density at radius 1 is 0.952 bits per heavy atom. The van der Waals surface area contributed by atoms with Crippen LogP contribution in [0.15, 0.2) is 54.9 Å². The highest BCUT2D eigenvalue weighted by Crippen LogP contribution is 2.06. The van der Waals surface area contributed by atoms with Crippen molar-refractivity contribution in [2.24, 2.45) is 0 Å². The second-order valence-electron chi connectivity index (χ2n) is 4.73. The van der Waals surface area contributed by atoms with Crippen LogP contribution >= 0.6 is 0 Å². The molecule has 0 saturated heterocycles. The van der Waals surface area contributed by atoms with Gasteiger partial charge < -0.3 is 4.55 Å². The van der Waals surface area contributed by atoms with E-state index in [9.17, 15) is 13.0 Å². The largest absolute Gasteiger partial charge is 0.748 e. The molecule has 0 bridgehead atoms. The van der Waals surface area contributed by atoms with Crippen molar-refractivity contribution >= 4 is 22.3 Å². The Morgan fingerprint density at radius 2 is 1.52 bits per heavy atom. The van der Waals surface area contributed by atoms with Gasteiger partial charge in [-0.1, -0.05) is 42.5 Å². The minimum absolute atomic E-state index is 0.324. The van der Waals surface area contributed by atoms with Crippen LogP contribution in [0.4, 0.5) is 0 Å². The van der Waals surface area contributed by atoms with Crippen LogP contribution in [0.2, 0.25) is 0 Å². The molecule has 5 heteroatoms. The second-order valence-corrected chi connectivity index (χ2v) is 6.25. The lowest BCUT2D eigenvalue weighted by Gasteiger charge is -2.04. The summed E-state index contributed by atoms with van der Waals surface area (Å²) in [7, 11) is -4.12. The van der Waals surface area contributed by atoms with Crippen LogP contribution in [0, 0.1) is 0 Å². The summed E-state index contributed by atoms with van der Waals surface area (Å²) < 4.78 is 33.4. The fraction of sp³-hybridized carbons (Fsp3) is 0.188. The van der Waals surface area contributed by atoms with Gasteiger partial charge in [-0.15, -0.1) is 0 Å². The first-order valence-electron chi connectivity index (χ1n) is 6.69. The smallest absolute Gasteiger partial charge is 0.169 e. The van der Waals surface area contributed by atoms with Gasteiger partial charge in [0.05, 0.1) is 10.1 Å². The quantitative estimate of drug-likeness (QED) is 0.606. The molecule has 4 nitrogen and oxygen atoms in total. The molecule has 0 unspecified atom stereocenters. The van der Waals surface area contributed by atoms with Crippen LogP contribution in [0.25, 0.3) is 12.2 Å². The molecule has 0 spiro atoms. The summed E-state index contributed by atoms with van der Waals surface area (Å²) in [6, 6.07) is 13.9. The zero-order valence-electron chi connectivity index (χ0n) is 11.6. The Labute approximate surface area is 125 Å². The van der Waals surface area contributed by atoms with E-state index in [4.69, 9.17) is 0 Å². The summed E-state index contributed by atoms with van der Waals surface area (Å²) in [6.07, 6.45) is 8.13. The van der Waals surface area contributed by atoms with E-state index in [0.29, 0.717) is 13.0 Å². The zero-order valence-corrected chi connectivity index (χ0v) is 12.4. The number of hydrogen-bond donors (Lipinski definition) is 0. The second kappa shape index (κ2) is 7.15. The van der Waals surface area contributed by atoms with Gasteiger partial charge in [0.15, 0.2) is 12.4 Å². The number of pyridine rings is 1. The number of hydrogen-bond acceptors (Lipinski definition) is 3. The fourth-order valence-electron chi connectivity index (χ4n) is 1.91. The molecule has 21 heavy (non-hydrogen) atoms. The highest BCUT2D eigenvalue weighted by Gasteiger charge is 2.02. The van der Waals surface area contributed by atoms with Crippen LogP contribution in [-0.4, -0.2) is 18.7 Å². The van der Waals surface area contributed by atoms with Crippen LogP contribution in [0.3, 0.4) is 0 Å². The van der Waals surface area contributed by atoms with E-state index in [-0.39, 0.29) is 5.75 Å². The molecule has 1 heterocycles. The monoisotopic (exact) mass is 303 g/mol. The van der Waals surface area contributed by atoms with Crippen LogP contribution in [0.1, 0.15) is 17.5 Å². The standard InChI is InChI=1S/C16H17NO3S/c18-21(19,20)14-4-11-17-12-9-16(10-13-17)8-7-15-5-2-1-3-6-15/h1-3,5-10,12-13H,4,11,14H2/b8-7+. The lowest BCUT2D eigenvalue weighted by Crippen LogP contribution is -2.33. The highest BCUT2D eigenvalue weighted by atomic mass is 32.2. The van der Waals surface area contributed by atoms with E-state index >= 15 is 0 Å². The van der Waals surface area contributed by atoms with E-state index in [1.807, 2.05) is 71.6 Å². The normalized spacial score (nSPS) is 11.9. The van der Waals surface area contributed by atoms with E-state index in [1.54, 1.807) is 0 Å². The first-order valence-corrected chi connectivity index (χ1v) is 8.26. The van der Waals surface area contributed by atoms with Crippen molar-refractivity contribution < 1.29 is 17.5 Å². The van der Waals surface area contributed by atoms with Gasteiger partial charge >= 0.3 is 0 Å². The summed E-state index contributed by atoms with van der Waals surface area (Å²) >= 11 is 0. The molecule has 110 valence electrons. The maximum atomic E-state index is 10.5. The van der Waals surface area contributed by atoms with Crippen LogP contribution in [-0.2, 0) is 16.7 Å². The third kappa shape index (κ3) is 5.89. The van der Waals surface area contributed by atoms with Crippen LogP contribution < -0.4 is 4.57 Å². The Balaban J connectivity index is 1.91. The van der Waals surface area contributed by atoms with Gasteiger partial charge in [-0.05, 0) is 11.1 Å². The Hall–Kier alpha value is -1.98. The SMILES string of the molecule is O=S(=O)([O-])CCC[n+]1ccc(/C=C/c2ccccc2)cc1. The topological polar surface area (TPSA) is 61.1 Å². The molecule has 0 aliphatic carbocycles. The molecule has 0 aliphatic rings. The molecule has 1 aromatic carbocycles. The van der Waals surface area contributed by atoms with Gasteiger partial charge in [-0.2, -0.15) is 0 Å². The fourth-order valence-corrected chi connectivity index (χ4v) is 2.39. The Bertz CT molecular complexity index is 692. The molecule has 0 N–H and O–H groups in total.